The van der Waals surface area contributed by atoms with Crippen LogP contribution in [-0.2, 0) is 16.0 Å². The Labute approximate surface area is 118 Å². The fourth-order valence-corrected chi connectivity index (χ4v) is 2.20. The first-order valence-electron chi connectivity index (χ1n) is 6.74. The average molecular weight is 274 g/mol. The molecular formula is C15H18N2O3. The van der Waals surface area contributed by atoms with E-state index in [1.54, 1.807) is 0 Å². The molecule has 1 aromatic carbocycles. The summed E-state index contributed by atoms with van der Waals surface area (Å²) in [6.07, 6.45) is 2.36. The molecule has 1 heterocycles. The van der Waals surface area contributed by atoms with E-state index in [1.807, 2.05) is 18.2 Å². The van der Waals surface area contributed by atoms with Crippen LogP contribution in [0.1, 0.15) is 24.8 Å². The third-order valence-corrected chi connectivity index (χ3v) is 3.44. The molecule has 0 N–H and O–H groups in total. The van der Waals surface area contributed by atoms with Crippen molar-refractivity contribution in [1.29, 1.82) is 0 Å². The van der Waals surface area contributed by atoms with Gasteiger partial charge in [-0.2, -0.15) is 0 Å². The van der Waals surface area contributed by atoms with E-state index in [2.05, 4.69) is 12.1 Å². The van der Waals surface area contributed by atoms with Gasteiger partial charge in [-0.3, -0.25) is 19.4 Å². The van der Waals surface area contributed by atoms with E-state index >= 15 is 0 Å². The molecule has 5 heteroatoms. The van der Waals surface area contributed by atoms with E-state index in [1.165, 1.54) is 17.5 Å². The van der Waals surface area contributed by atoms with Gasteiger partial charge in [0.25, 0.3) is 0 Å². The number of rotatable bonds is 5. The summed E-state index contributed by atoms with van der Waals surface area (Å²) >= 11 is 0. The fourth-order valence-electron chi connectivity index (χ4n) is 2.20. The number of amides is 4. The van der Waals surface area contributed by atoms with Crippen LogP contribution in [0.15, 0.2) is 30.3 Å². The zero-order valence-electron chi connectivity index (χ0n) is 11.5. The van der Waals surface area contributed by atoms with E-state index in [0.717, 1.165) is 24.2 Å². The highest BCUT2D eigenvalue weighted by atomic mass is 16.2. The molecule has 106 valence electrons. The van der Waals surface area contributed by atoms with Crippen LogP contribution in [0.3, 0.4) is 0 Å². The molecule has 2 rings (SSSR count). The second kappa shape index (κ2) is 6.32. The van der Waals surface area contributed by atoms with Crippen LogP contribution in [0.4, 0.5) is 4.79 Å². The van der Waals surface area contributed by atoms with Gasteiger partial charge in [-0.05, 0) is 24.8 Å². The summed E-state index contributed by atoms with van der Waals surface area (Å²) in [6, 6.07) is 9.57. The molecule has 0 aliphatic carbocycles. The standard InChI is InChI=1S/C15H18N2O3/c1-16-13(18)11-14(19)17(15(16)20)10-6-5-9-12-7-3-2-4-8-12/h2-4,7-8H,5-6,9-11H2,1H3. The highest BCUT2D eigenvalue weighted by molar-refractivity contribution is 6.13. The van der Waals surface area contributed by atoms with Crippen molar-refractivity contribution in [2.45, 2.75) is 25.7 Å². The number of hydrogen-bond acceptors (Lipinski definition) is 3. The molecular weight excluding hydrogens is 256 g/mol. The third-order valence-electron chi connectivity index (χ3n) is 3.44. The summed E-state index contributed by atoms with van der Waals surface area (Å²) in [6.45, 7) is 0.377. The van der Waals surface area contributed by atoms with Gasteiger partial charge in [0.1, 0.15) is 6.42 Å². The van der Waals surface area contributed by atoms with E-state index in [-0.39, 0.29) is 6.42 Å². The highest BCUT2D eigenvalue weighted by Gasteiger charge is 2.34. The van der Waals surface area contributed by atoms with Gasteiger partial charge in [0, 0.05) is 13.6 Å². The largest absolute Gasteiger partial charge is 0.333 e. The van der Waals surface area contributed by atoms with Crippen molar-refractivity contribution in [2.75, 3.05) is 13.6 Å². The Kier molecular flexibility index (Phi) is 4.50. The van der Waals surface area contributed by atoms with Crippen molar-refractivity contribution in [3.63, 3.8) is 0 Å². The fraction of sp³-hybridized carbons (Fsp3) is 0.400. The summed E-state index contributed by atoms with van der Waals surface area (Å²) in [7, 11) is 1.41. The van der Waals surface area contributed by atoms with Gasteiger partial charge in [-0.1, -0.05) is 30.3 Å². The Hall–Kier alpha value is -2.17. The molecule has 1 fully saturated rings. The zero-order chi connectivity index (χ0) is 14.5. The number of barbiturate groups is 1. The van der Waals surface area contributed by atoms with Crippen molar-refractivity contribution in [2.24, 2.45) is 0 Å². The molecule has 1 saturated heterocycles. The molecule has 0 atom stereocenters. The molecule has 1 aromatic rings. The monoisotopic (exact) mass is 274 g/mol. The van der Waals surface area contributed by atoms with Gasteiger partial charge >= 0.3 is 6.03 Å². The van der Waals surface area contributed by atoms with Crippen LogP contribution in [-0.4, -0.2) is 41.2 Å². The maximum Gasteiger partial charge on any atom is 0.333 e. The van der Waals surface area contributed by atoms with Crippen LogP contribution in [0, 0.1) is 0 Å². The molecule has 5 nitrogen and oxygen atoms in total. The third kappa shape index (κ3) is 3.23. The minimum absolute atomic E-state index is 0.207. The Morgan fingerprint density at radius 1 is 1.00 bits per heavy atom. The SMILES string of the molecule is CN1C(=O)CC(=O)N(CCCCc2ccccc2)C1=O. The van der Waals surface area contributed by atoms with Gasteiger partial charge < -0.3 is 0 Å². The van der Waals surface area contributed by atoms with E-state index in [9.17, 15) is 14.4 Å². The van der Waals surface area contributed by atoms with Crippen molar-refractivity contribution >= 4 is 17.8 Å². The summed E-state index contributed by atoms with van der Waals surface area (Å²) in [5, 5.41) is 0. The van der Waals surface area contributed by atoms with Gasteiger partial charge in [0.05, 0.1) is 0 Å². The minimum atomic E-state index is -0.508. The molecule has 0 spiro atoms. The predicted molar refractivity (Wildman–Crippen MR) is 73.9 cm³/mol. The Morgan fingerprint density at radius 3 is 2.40 bits per heavy atom. The number of hydrogen-bond donors (Lipinski definition) is 0. The second-order valence-electron chi connectivity index (χ2n) is 4.90. The molecule has 0 aromatic heterocycles. The van der Waals surface area contributed by atoms with E-state index in [0.29, 0.717) is 6.54 Å². The number of benzene rings is 1. The van der Waals surface area contributed by atoms with Crippen molar-refractivity contribution in [1.82, 2.24) is 9.80 Å². The summed E-state index contributed by atoms with van der Waals surface area (Å²) in [5.74, 6) is -0.821. The van der Waals surface area contributed by atoms with Gasteiger partial charge in [0.15, 0.2) is 0 Å². The lowest BCUT2D eigenvalue weighted by Gasteiger charge is -2.30. The number of carbonyl (C=O) groups excluding carboxylic acids is 3. The number of carbonyl (C=O) groups is 3. The lowest BCUT2D eigenvalue weighted by atomic mass is 10.1. The normalized spacial score (nSPS) is 15.9. The van der Waals surface area contributed by atoms with Gasteiger partial charge in [0.2, 0.25) is 11.8 Å². The predicted octanol–water partition coefficient (Wildman–Crippen LogP) is 1.82. The Bertz CT molecular complexity index is 513. The minimum Gasteiger partial charge on any atom is -0.274 e. The molecule has 4 amide bonds. The average Bonchev–Trinajstić information content (AvgIpc) is 2.45. The first-order valence-corrected chi connectivity index (χ1v) is 6.74. The second-order valence-corrected chi connectivity index (χ2v) is 4.90. The summed E-state index contributed by atoms with van der Waals surface area (Å²) in [5.41, 5.74) is 1.25. The zero-order valence-corrected chi connectivity index (χ0v) is 11.5. The van der Waals surface area contributed by atoms with Crippen molar-refractivity contribution in [3.8, 4) is 0 Å². The number of unbranched alkanes of at least 4 members (excludes halogenated alkanes) is 1. The molecule has 0 radical (unpaired) electrons. The highest BCUT2D eigenvalue weighted by Crippen LogP contribution is 2.12. The van der Waals surface area contributed by atoms with Crippen LogP contribution in [0.25, 0.3) is 0 Å². The topological polar surface area (TPSA) is 57.7 Å². The maximum absolute atomic E-state index is 11.8. The van der Waals surface area contributed by atoms with Crippen LogP contribution >= 0.6 is 0 Å². The van der Waals surface area contributed by atoms with E-state index in [4.69, 9.17) is 0 Å². The quantitative estimate of drug-likeness (QED) is 0.608. The molecule has 20 heavy (non-hydrogen) atoms. The first-order chi connectivity index (χ1) is 9.59. The smallest absolute Gasteiger partial charge is 0.274 e. The Morgan fingerprint density at radius 2 is 1.70 bits per heavy atom. The van der Waals surface area contributed by atoms with Crippen molar-refractivity contribution in [3.05, 3.63) is 35.9 Å². The number of aryl methyl sites for hydroxylation is 1. The van der Waals surface area contributed by atoms with Crippen LogP contribution in [0.2, 0.25) is 0 Å². The number of urea groups is 1. The number of imide groups is 2. The van der Waals surface area contributed by atoms with Crippen LogP contribution in [0.5, 0.6) is 0 Å². The van der Waals surface area contributed by atoms with Gasteiger partial charge in [-0.15, -0.1) is 0 Å². The van der Waals surface area contributed by atoms with Crippen LogP contribution < -0.4 is 0 Å². The van der Waals surface area contributed by atoms with E-state index < -0.39 is 17.8 Å². The maximum atomic E-state index is 11.8. The summed E-state index contributed by atoms with van der Waals surface area (Å²) in [4.78, 5) is 37.0. The molecule has 1 aliphatic rings. The van der Waals surface area contributed by atoms with Crippen molar-refractivity contribution < 1.29 is 14.4 Å². The first kappa shape index (κ1) is 14.2. The molecule has 0 saturated carbocycles. The lowest BCUT2D eigenvalue weighted by molar-refractivity contribution is -0.141. The lowest BCUT2D eigenvalue weighted by Crippen LogP contribution is -2.53. The molecule has 1 aliphatic heterocycles. The summed E-state index contributed by atoms with van der Waals surface area (Å²) < 4.78 is 0. The number of nitrogens with zero attached hydrogens (tertiary/aromatic N) is 2. The molecule has 0 unspecified atom stereocenters. The molecule has 0 bridgehead atoms. The Balaban J connectivity index is 1.80. The van der Waals surface area contributed by atoms with Gasteiger partial charge in [-0.25, -0.2) is 4.79 Å².